The maximum atomic E-state index is 9.87. The summed E-state index contributed by atoms with van der Waals surface area (Å²) in [5.41, 5.74) is 2.77. The fourth-order valence-electron chi connectivity index (χ4n) is 4.13. The topological polar surface area (TPSA) is 127 Å². The Morgan fingerprint density at radius 3 is 2.69 bits per heavy atom. The Morgan fingerprint density at radius 2 is 1.97 bits per heavy atom. The SMILES string of the molecule is CC(O)c1cnc2cc(Nc3ncc(Cl)c(NC4CCN(c5ccc(C#N)cn5)CC4)n3)ccn12. The van der Waals surface area contributed by atoms with E-state index in [0.29, 0.717) is 28.0 Å². The number of nitriles is 1. The first kappa shape index (κ1) is 22.8. The first-order valence-electron chi connectivity index (χ1n) is 11.3. The highest BCUT2D eigenvalue weighted by Gasteiger charge is 2.21. The second-order valence-electron chi connectivity index (χ2n) is 8.44. The predicted octanol–water partition coefficient (Wildman–Crippen LogP) is 3.92. The number of hydrogen-bond donors (Lipinski definition) is 3. The Hall–Kier alpha value is -3.94. The second kappa shape index (κ2) is 9.74. The zero-order chi connectivity index (χ0) is 24.4. The summed E-state index contributed by atoms with van der Waals surface area (Å²) in [5, 5.41) is 25.9. The first-order valence-corrected chi connectivity index (χ1v) is 11.7. The van der Waals surface area contributed by atoms with Crippen LogP contribution in [-0.4, -0.2) is 48.6 Å². The van der Waals surface area contributed by atoms with Gasteiger partial charge in [0.2, 0.25) is 5.95 Å². The van der Waals surface area contributed by atoms with Crippen LogP contribution in [0, 0.1) is 11.3 Å². The summed E-state index contributed by atoms with van der Waals surface area (Å²) in [6, 6.07) is 9.72. The van der Waals surface area contributed by atoms with E-state index >= 15 is 0 Å². The van der Waals surface area contributed by atoms with Crippen molar-refractivity contribution in [2.45, 2.75) is 31.9 Å². The van der Waals surface area contributed by atoms with Crippen LogP contribution in [0.5, 0.6) is 0 Å². The molecular weight excluding hydrogens is 466 g/mol. The molecule has 0 bridgehead atoms. The molecule has 4 aromatic heterocycles. The number of pyridine rings is 2. The quantitative estimate of drug-likeness (QED) is 0.369. The highest BCUT2D eigenvalue weighted by Crippen LogP contribution is 2.26. The molecule has 35 heavy (non-hydrogen) atoms. The maximum absolute atomic E-state index is 9.87. The number of hydrogen-bond acceptors (Lipinski definition) is 9. The lowest BCUT2D eigenvalue weighted by Gasteiger charge is -2.33. The predicted molar refractivity (Wildman–Crippen MR) is 134 cm³/mol. The van der Waals surface area contributed by atoms with E-state index < -0.39 is 6.10 Å². The molecule has 1 unspecified atom stereocenters. The number of piperidine rings is 1. The lowest BCUT2D eigenvalue weighted by molar-refractivity contribution is 0.193. The zero-order valence-electron chi connectivity index (χ0n) is 19.1. The van der Waals surface area contributed by atoms with Crippen molar-refractivity contribution in [1.82, 2.24) is 24.3 Å². The molecule has 178 valence electrons. The number of aromatic nitrogens is 5. The number of halogens is 1. The lowest BCUT2D eigenvalue weighted by atomic mass is 10.0. The van der Waals surface area contributed by atoms with Crippen LogP contribution in [0.3, 0.4) is 0 Å². The Labute approximate surface area is 207 Å². The summed E-state index contributed by atoms with van der Waals surface area (Å²) in [5.74, 6) is 1.88. The third-order valence-corrected chi connectivity index (χ3v) is 6.28. The molecule has 1 fully saturated rings. The Kier molecular flexibility index (Phi) is 6.35. The van der Waals surface area contributed by atoms with Gasteiger partial charge in [0.1, 0.15) is 22.6 Å². The van der Waals surface area contributed by atoms with E-state index in [9.17, 15) is 5.11 Å². The van der Waals surface area contributed by atoms with Gasteiger partial charge in [-0.25, -0.2) is 15.0 Å². The fraction of sp³-hybridized carbons (Fsp3) is 0.292. The number of imidazole rings is 1. The molecule has 5 heterocycles. The summed E-state index contributed by atoms with van der Waals surface area (Å²) in [6.07, 6.45) is 7.87. The second-order valence-corrected chi connectivity index (χ2v) is 8.85. The largest absolute Gasteiger partial charge is 0.387 e. The smallest absolute Gasteiger partial charge is 0.229 e. The Bertz CT molecular complexity index is 1370. The van der Waals surface area contributed by atoms with Crippen LogP contribution in [0.1, 0.15) is 37.1 Å². The summed E-state index contributed by atoms with van der Waals surface area (Å²) >= 11 is 6.38. The van der Waals surface area contributed by atoms with Gasteiger partial charge in [0.05, 0.1) is 29.8 Å². The Morgan fingerprint density at radius 1 is 1.14 bits per heavy atom. The van der Waals surface area contributed by atoms with E-state index in [1.807, 2.05) is 28.8 Å². The van der Waals surface area contributed by atoms with E-state index in [2.05, 4.69) is 41.5 Å². The molecule has 5 rings (SSSR count). The summed E-state index contributed by atoms with van der Waals surface area (Å²) < 4.78 is 1.84. The van der Waals surface area contributed by atoms with Crippen molar-refractivity contribution in [1.29, 1.82) is 5.26 Å². The number of aliphatic hydroxyl groups is 1. The number of fused-ring (bicyclic) bond motifs is 1. The molecular formula is C24H24ClN9O. The van der Waals surface area contributed by atoms with Crippen LogP contribution in [0.2, 0.25) is 5.02 Å². The molecule has 3 N–H and O–H groups in total. The molecule has 4 aromatic rings. The van der Waals surface area contributed by atoms with Crippen molar-refractivity contribution in [2.24, 2.45) is 0 Å². The van der Waals surface area contributed by atoms with Gasteiger partial charge < -0.3 is 25.0 Å². The van der Waals surface area contributed by atoms with Gasteiger partial charge in [-0.2, -0.15) is 10.2 Å². The molecule has 11 heteroatoms. The number of anilines is 4. The number of nitrogens with one attached hydrogen (secondary N) is 2. The number of aliphatic hydroxyl groups excluding tert-OH is 1. The average molecular weight is 490 g/mol. The minimum atomic E-state index is -0.607. The highest BCUT2D eigenvalue weighted by molar-refractivity contribution is 6.32. The van der Waals surface area contributed by atoms with E-state index in [4.69, 9.17) is 16.9 Å². The van der Waals surface area contributed by atoms with Crippen molar-refractivity contribution in [3.05, 3.63) is 65.3 Å². The van der Waals surface area contributed by atoms with Crippen molar-refractivity contribution in [3.63, 3.8) is 0 Å². The lowest BCUT2D eigenvalue weighted by Crippen LogP contribution is -2.39. The minimum absolute atomic E-state index is 0.213. The van der Waals surface area contributed by atoms with Gasteiger partial charge in [0.15, 0.2) is 5.82 Å². The molecule has 0 amide bonds. The van der Waals surface area contributed by atoms with E-state index in [1.165, 1.54) is 0 Å². The van der Waals surface area contributed by atoms with E-state index in [0.717, 1.165) is 43.1 Å². The molecule has 1 saturated heterocycles. The summed E-state index contributed by atoms with van der Waals surface area (Å²) in [6.45, 7) is 3.38. The third-order valence-electron chi connectivity index (χ3n) is 6.01. The van der Waals surface area contributed by atoms with Crippen molar-refractivity contribution in [2.75, 3.05) is 28.6 Å². The zero-order valence-corrected chi connectivity index (χ0v) is 19.8. The van der Waals surface area contributed by atoms with Crippen molar-refractivity contribution < 1.29 is 5.11 Å². The molecule has 1 atom stereocenters. The molecule has 0 radical (unpaired) electrons. The molecule has 0 saturated carbocycles. The molecule has 10 nitrogen and oxygen atoms in total. The van der Waals surface area contributed by atoms with Crippen LogP contribution in [0.25, 0.3) is 5.65 Å². The molecule has 1 aliphatic rings. The molecule has 0 aliphatic carbocycles. The third kappa shape index (κ3) is 4.96. The van der Waals surface area contributed by atoms with E-state index in [-0.39, 0.29) is 6.04 Å². The van der Waals surface area contributed by atoms with Gasteiger partial charge in [-0.05, 0) is 38.0 Å². The molecule has 0 spiro atoms. The highest BCUT2D eigenvalue weighted by atomic mass is 35.5. The van der Waals surface area contributed by atoms with Crippen molar-refractivity contribution >= 4 is 40.5 Å². The van der Waals surface area contributed by atoms with Gasteiger partial charge in [-0.3, -0.25) is 0 Å². The van der Waals surface area contributed by atoms with Gasteiger partial charge in [-0.15, -0.1) is 0 Å². The Balaban J connectivity index is 1.23. The van der Waals surface area contributed by atoms with Gasteiger partial charge in [0.25, 0.3) is 0 Å². The van der Waals surface area contributed by atoms with Gasteiger partial charge >= 0.3 is 0 Å². The normalized spacial score (nSPS) is 15.1. The summed E-state index contributed by atoms with van der Waals surface area (Å²) in [4.78, 5) is 19.8. The van der Waals surface area contributed by atoms with Crippen LogP contribution in [0.15, 0.2) is 49.1 Å². The molecule has 1 aliphatic heterocycles. The summed E-state index contributed by atoms with van der Waals surface area (Å²) in [7, 11) is 0. The van der Waals surface area contributed by atoms with Crippen LogP contribution < -0.4 is 15.5 Å². The van der Waals surface area contributed by atoms with Crippen LogP contribution in [-0.2, 0) is 0 Å². The number of rotatable bonds is 6. The number of nitrogens with zero attached hydrogens (tertiary/aromatic N) is 7. The maximum Gasteiger partial charge on any atom is 0.229 e. The van der Waals surface area contributed by atoms with Crippen LogP contribution in [0.4, 0.5) is 23.3 Å². The monoisotopic (exact) mass is 489 g/mol. The van der Waals surface area contributed by atoms with Gasteiger partial charge in [-0.1, -0.05) is 11.6 Å². The van der Waals surface area contributed by atoms with Crippen molar-refractivity contribution in [3.8, 4) is 6.07 Å². The average Bonchev–Trinajstić information content (AvgIpc) is 3.30. The minimum Gasteiger partial charge on any atom is -0.387 e. The fourth-order valence-corrected chi connectivity index (χ4v) is 4.28. The van der Waals surface area contributed by atoms with Crippen LogP contribution >= 0.6 is 11.6 Å². The van der Waals surface area contributed by atoms with Gasteiger partial charge in [0, 0.05) is 43.3 Å². The standard InChI is InChI=1S/C24H24ClN9O/c1-15(35)20-14-28-22-10-18(6-9-34(20)22)31-24-29-13-19(25)23(32-24)30-17-4-7-33(8-5-17)21-3-2-16(11-26)12-27-21/h2-3,6,9-10,12-15,17,35H,4-5,7-8H2,1H3,(H2,29,30,31,32). The van der Waals surface area contributed by atoms with E-state index in [1.54, 1.807) is 31.6 Å². The molecule has 0 aromatic carbocycles. The first-order chi connectivity index (χ1) is 17.0.